The molecule has 0 bridgehead atoms. The molecule has 84 valence electrons. The van der Waals surface area contributed by atoms with Crippen molar-refractivity contribution in [3.05, 3.63) is 47.0 Å². The summed E-state index contributed by atoms with van der Waals surface area (Å²) in [6, 6.07) is 6.43. The van der Waals surface area contributed by atoms with Crippen LogP contribution in [0.3, 0.4) is 0 Å². The minimum atomic E-state index is -0.553. The molecule has 0 saturated carbocycles. The van der Waals surface area contributed by atoms with Crippen molar-refractivity contribution in [2.24, 2.45) is 10.9 Å². The van der Waals surface area contributed by atoms with Gasteiger partial charge in [-0.1, -0.05) is 29.8 Å². The molecule has 2 atom stereocenters. The Bertz CT molecular complexity index is 584. The second-order valence-corrected chi connectivity index (χ2v) is 4.41. The average Bonchev–Trinajstić information content (AvgIpc) is 2.36. The molecule has 0 fully saturated rings. The van der Waals surface area contributed by atoms with Crippen molar-refractivity contribution in [2.75, 3.05) is 0 Å². The topological polar surface area (TPSA) is 46.5 Å². The van der Waals surface area contributed by atoms with Crippen molar-refractivity contribution in [3.8, 4) is 0 Å². The molecule has 1 heterocycles. The second-order valence-electron chi connectivity index (χ2n) is 4.41. The number of aliphatic imine (C=N–C) groups is 1. The molecule has 0 amide bonds. The minimum absolute atomic E-state index is 0.0100. The quantitative estimate of drug-likeness (QED) is 0.678. The van der Waals surface area contributed by atoms with Crippen LogP contribution in [0.2, 0.25) is 0 Å². The van der Waals surface area contributed by atoms with E-state index in [4.69, 9.17) is 0 Å². The van der Waals surface area contributed by atoms with Crippen LogP contribution in [0.1, 0.15) is 27.6 Å². The number of hydrogen-bond donors (Lipinski definition) is 0. The molecule has 3 rings (SSSR count). The molecule has 2 aliphatic rings. The molecule has 1 aliphatic heterocycles. The molecular weight excluding hydrogens is 214 g/mol. The summed E-state index contributed by atoms with van der Waals surface area (Å²) in [7, 11) is 0. The molecule has 17 heavy (non-hydrogen) atoms. The predicted octanol–water partition coefficient (Wildman–Crippen LogP) is 2.08. The number of carbonyl (C=O) groups excluding carboxylic acids is 2. The number of ketones is 2. The number of benzene rings is 1. The summed E-state index contributed by atoms with van der Waals surface area (Å²) in [6.07, 6.45) is 3.43. The fraction of sp³-hybridized carbons (Fsp3) is 0.214. The first kappa shape index (κ1) is 10.1. The maximum absolute atomic E-state index is 12.3. The SMILES string of the molecule is CC1=CC=NC2C(=O)c3ccccc3C(=O)C12. The fourth-order valence-electron chi connectivity index (χ4n) is 2.50. The van der Waals surface area contributed by atoms with E-state index in [1.54, 1.807) is 36.6 Å². The van der Waals surface area contributed by atoms with Crippen LogP contribution in [0.15, 0.2) is 40.9 Å². The van der Waals surface area contributed by atoms with E-state index in [9.17, 15) is 9.59 Å². The Morgan fingerprint density at radius 3 is 2.41 bits per heavy atom. The summed E-state index contributed by atoms with van der Waals surface area (Å²) in [5, 5.41) is 0. The van der Waals surface area contributed by atoms with Gasteiger partial charge in [0.25, 0.3) is 0 Å². The predicted molar refractivity (Wildman–Crippen MR) is 64.6 cm³/mol. The van der Waals surface area contributed by atoms with Gasteiger partial charge in [0, 0.05) is 17.3 Å². The normalized spacial score (nSPS) is 26.3. The third-order valence-electron chi connectivity index (χ3n) is 3.40. The summed E-state index contributed by atoms with van der Waals surface area (Å²) >= 11 is 0. The number of carbonyl (C=O) groups is 2. The number of rotatable bonds is 0. The molecule has 3 nitrogen and oxygen atoms in total. The first-order valence-corrected chi connectivity index (χ1v) is 5.57. The Labute approximate surface area is 98.9 Å². The van der Waals surface area contributed by atoms with Gasteiger partial charge in [-0.3, -0.25) is 14.6 Å². The molecule has 1 aromatic carbocycles. The lowest BCUT2D eigenvalue weighted by atomic mass is 9.74. The van der Waals surface area contributed by atoms with Gasteiger partial charge in [-0.05, 0) is 13.0 Å². The van der Waals surface area contributed by atoms with Crippen molar-refractivity contribution >= 4 is 17.8 Å². The van der Waals surface area contributed by atoms with E-state index in [2.05, 4.69) is 4.99 Å². The average molecular weight is 225 g/mol. The Balaban J connectivity index is 2.22. The number of hydrogen-bond acceptors (Lipinski definition) is 3. The number of Topliss-reactive ketones (excluding diaryl/α,β-unsaturated/α-hetero) is 2. The Hall–Kier alpha value is -2.03. The van der Waals surface area contributed by atoms with Crippen LogP contribution in [-0.2, 0) is 0 Å². The van der Waals surface area contributed by atoms with Crippen LogP contribution in [-0.4, -0.2) is 23.8 Å². The highest BCUT2D eigenvalue weighted by Gasteiger charge is 2.42. The zero-order chi connectivity index (χ0) is 12.0. The lowest BCUT2D eigenvalue weighted by molar-refractivity contribution is 0.0818. The minimum Gasteiger partial charge on any atom is -0.293 e. The first-order valence-electron chi connectivity index (χ1n) is 5.57. The summed E-state index contributed by atoms with van der Waals surface area (Å²) < 4.78 is 0. The number of nitrogens with zero attached hydrogens (tertiary/aromatic N) is 1. The smallest absolute Gasteiger partial charge is 0.189 e. The van der Waals surface area contributed by atoms with Gasteiger partial charge >= 0.3 is 0 Å². The van der Waals surface area contributed by atoms with Crippen molar-refractivity contribution in [1.82, 2.24) is 0 Å². The van der Waals surface area contributed by atoms with Gasteiger partial charge < -0.3 is 0 Å². The zero-order valence-corrected chi connectivity index (χ0v) is 9.38. The molecule has 0 radical (unpaired) electrons. The van der Waals surface area contributed by atoms with Crippen molar-refractivity contribution in [2.45, 2.75) is 13.0 Å². The Kier molecular flexibility index (Phi) is 2.08. The molecule has 0 spiro atoms. The second kappa shape index (κ2) is 3.48. The highest BCUT2D eigenvalue weighted by molar-refractivity contribution is 6.19. The van der Waals surface area contributed by atoms with E-state index in [-0.39, 0.29) is 11.6 Å². The first-order chi connectivity index (χ1) is 8.20. The Morgan fingerprint density at radius 1 is 1.06 bits per heavy atom. The molecule has 1 aromatic rings. The summed E-state index contributed by atoms with van der Waals surface area (Å²) in [5.41, 5.74) is 1.95. The van der Waals surface area contributed by atoms with Crippen molar-refractivity contribution in [1.29, 1.82) is 0 Å². The van der Waals surface area contributed by atoms with E-state index in [0.717, 1.165) is 5.57 Å². The number of dihydropyridines is 1. The largest absolute Gasteiger partial charge is 0.293 e. The number of fused-ring (bicyclic) bond motifs is 2. The van der Waals surface area contributed by atoms with Crippen molar-refractivity contribution < 1.29 is 9.59 Å². The van der Waals surface area contributed by atoms with Gasteiger partial charge in [0.15, 0.2) is 11.6 Å². The van der Waals surface area contributed by atoms with Crippen LogP contribution in [0, 0.1) is 5.92 Å². The maximum atomic E-state index is 12.3. The van der Waals surface area contributed by atoms with E-state index < -0.39 is 12.0 Å². The van der Waals surface area contributed by atoms with Crippen LogP contribution >= 0.6 is 0 Å². The highest BCUT2D eigenvalue weighted by Crippen LogP contribution is 2.33. The lowest BCUT2D eigenvalue weighted by Crippen LogP contribution is -2.41. The van der Waals surface area contributed by atoms with Gasteiger partial charge in [0.05, 0.1) is 5.92 Å². The summed E-state index contributed by atoms with van der Waals surface area (Å²) in [4.78, 5) is 28.7. The van der Waals surface area contributed by atoms with Crippen LogP contribution in [0.5, 0.6) is 0 Å². The molecular formula is C14H11NO2. The van der Waals surface area contributed by atoms with E-state index in [0.29, 0.717) is 11.1 Å². The van der Waals surface area contributed by atoms with Crippen LogP contribution in [0.25, 0.3) is 0 Å². The van der Waals surface area contributed by atoms with Gasteiger partial charge in [0.1, 0.15) is 6.04 Å². The molecule has 0 N–H and O–H groups in total. The van der Waals surface area contributed by atoms with E-state index in [1.165, 1.54) is 0 Å². The standard InChI is InChI=1S/C14H11NO2/c1-8-6-7-15-12-11(8)13(16)9-4-2-3-5-10(9)14(12)17/h2-7,11-12H,1H3. The fourth-order valence-corrected chi connectivity index (χ4v) is 2.50. The third-order valence-corrected chi connectivity index (χ3v) is 3.40. The van der Waals surface area contributed by atoms with Crippen molar-refractivity contribution in [3.63, 3.8) is 0 Å². The summed E-state index contributed by atoms with van der Waals surface area (Å²) in [5.74, 6) is -0.438. The third kappa shape index (κ3) is 1.32. The lowest BCUT2D eigenvalue weighted by Gasteiger charge is -2.30. The zero-order valence-electron chi connectivity index (χ0n) is 9.38. The molecule has 2 unspecified atom stereocenters. The van der Waals surface area contributed by atoms with Gasteiger partial charge in [-0.15, -0.1) is 0 Å². The van der Waals surface area contributed by atoms with E-state index in [1.807, 2.05) is 6.92 Å². The molecule has 3 heteroatoms. The molecule has 0 saturated heterocycles. The number of allylic oxidation sites excluding steroid dienone is 1. The van der Waals surface area contributed by atoms with Gasteiger partial charge in [-0.25, -0.2) is 0 Å². The molecule has 1 aliphatic carbocycles. The summed E-state index contributed by atoms with van der Waals surface area (Å²) in [6.45, 7) is 1.88. The monoisotopic (exact) mass is 225 g/mol. The molecule has 0 aromatic heterocycles. The van der Waals surface area contributed by atoms with E-state index >= 15 is 0 Å². The maximum Gasteiger partial charge on any atom is 0.189 e. The van der Waals surface area contributed by atoms with Crippen LogP contribution in [0.4, 0.5) is 0 Å². The highest BCUT2D eigenvalue weighted by atomic mass is 16.1. The Morgan fingerprint density at radius 2 is 1.71 bits per heavy atom. The van der Waals surface area contributed by atoms with Crippen LogP contribution < -0.4 is 0 Å². The van der Waals surface area contributed by atoms with Gasteiger partial charge in [0.2, 0.25) is 0 Å². The van der Waals surface area contributed by atoms with Gasteiger partial charge in [-0.2, -0.15) is 0 Å².